The third-order valence-electron chi connectivity index (χ3n) is 2.65. The molecule has 0 heterocycles. The molecular weight excluding hydrogens is 238 g/mol. The Hall–Kier alpha value is -2.10. The van der Waals surface area contributed by atoms with Crippen LogP contribution in [0.5, 0.6) is 11.5 Å². The van der Waals surface area contributed by atoms with Crippen molar-refractivity contribution in [1.82, 2.24) is 0 Å². The van der Waals surface area contributed by atoms with Crippen molar-refractivity contribution in [3.05, 3.63) is 48.0 Å². The van der Waals surface area contributed by atoms with Crippen molar-refractivity contribution >= 4 is 0 Å². The lowest BCUT2D eigenvalue weighted by molar-refractivity contribution is 0.386. The molecule has 0 unspecified atom stereocenters. The highest BCUT2D eigenvalue weighted by atomic mass is 19.1. The van der Waals surface area contributed by atoms with Gasteiger partial charge in [-0.25, -0.2) is 8.78 Å². The first-order valence-corrected chi connectivity index (χ1v) is 5.33. The zero-order valence-electron chi connectivity index (χ0n) is 10.0. The van der Waals surface area contributed by atoms with Crippen LogP contribution >= 0.6 is 0 Å². The molecule has 0 atom stereocenters. The second-order valence-electron chi connectivity index (χ2n) is 3.67. The third kappa shape index (κ3) is 2.14. The Bertz CT molecular complexity index is 568. The van der Waals surface area contributed by atoms with Gasteiger partial charge in [0.05, 0.1) is 14.2 Å². The summed E-state index contributed by atoms with van der Waals surface area (Å²) in [5.74, 6) is -0.785. The molecule has 0 N–H and O–H groups in total. The summed E-state index contributed by atoms with van der Waals surface area (Å²) in [6.07, 6.45) is 0. The molecule has 4 heteroatoms. The number of hydrogen-bond acceptors (Lipinski definition) is 2. The summed E-state index contributed by atoms with van der Waals surface area (Å²) in [7, 11) is 2.76. The average molecular weight is 250 g/mol. The minimum atomic E-state index is -0.530. The number of rotatable bonds is 3. The van der Waals surface area contributed by atoms with Gasteiger partial charge in [0.25, 0.3) is 0 Å². The van der Waals surface area contributed by atoms with Gasteiger partial charge >= 0.3 is 0 Å². The molecule has 0 aromatic heterocycles. The van der Waals surface area contributed by atoms with Gasteiger partial charge in [-0.1, -0.05) is 18.2 Å². The standard InChI is InChI=1S/C14H12F2O2/c1-17-12-7-6-9(8-11(12)15)10-4-3-5-13(18-2)14(10)16/h3-8H,1-2H3. The monoisotopic (exact) mass is 250 g/mol. The molecule has 0 aliphatic carbocycles. The van der Waals surface area contributed by atoms with Crippen molar-refractivity contribution < 1.29 is 18.3 Å². The summed E-state index contributed by atoms with van der Waals surface area (Å²) in [4.78, 5) is 0. The molecule has 2 aromatic carbocycles. The van der Waals surface area contributed by atoms with Gasteiger partial charge in [-0.3, -0.25) is 0 Å². The molecule has 0 spiro atoms. The minimum Gasteiger partial charge on any atom is -0.494 e. The van der Waals surface area contributed by atoms with Crippen LogP contribution in [0.25, 0.3) is 11.1 Å². The van der Waals surface area contributed by atoms with Gasteiger partial charge < -0.3 is 9.47 Å². The predicted molar refractivity (Wildman–Crippen MR) is 64.9 cm³/mol. The zero-order valence-corrected chi connectivity index (χ0v) is 10.0. The fraction of sp³-hybridized carbons (Fsp3) is 0.143. The van der Waals surface area contributed by atoms with Crippen LogP contribution in [0.3, 0.4) is 0 Å². The minimum absolute atomic E-state index is 0.127. The molecule has 0 aliphatic heterocycles. The zero-order chi connectivity index (χ0) is 13.1. The van der Waals surface area contributed by atoms with Crippen LogP contribution in [0.1, 0.15) is 0 Å². The Morgan fingerprint density at radius 1 is 0.889 bits per heavy atom. The molecular formula is C14H12F2O2. The lowest BCUT2D eigenvalue weighted by atomic mass is 10.0. The second-order valence-corrected chi connectivity index (χ2v) is 3.67. The summed E-state index contributed by atoms with van der Waals surface area (Å²) < 4.78 is 37.3. The van der Waals surface area contributed by atoms with Gasteiger partial charge in [-0.2, -0.15) is 0 Å². The summed E-state index contributed by atoms with van der Waals surface area (Å²) in [6, 6.07) is 9.03. The van der Waals surface area contributed by atoms with Crippen molar-refractivity contribution in [3.63, 3.8) is 0 Å². The van der Waals surface area contributed by atoms with Crippen molar-refractivity contribution in [3.8, 4) is 22.6 Å². The van der Waals surface area contributed by atoms with Crippen LogP contribution in [-0.2, 0) is 0 Å². The average Bonchev–Trinajstić information content (AvgIpc) is 2.39. The molecule has 2 aromatic rings. The van der Waals surface area contributed by atoms with E-state index in [2.05, 4.69) is 0 Å². The van der Waals surface area contributed by atoms with Crippen LogP contribution < -0.4 is 9.47 Å². The maximum atomic E-state index is 14.0. The van der Waals surface area contributed by atoms with E-state index in [-0.39, 0.29) is 17.1 Å². The number of methoxy groups -OCH3 is 2. The normalized spacial score (nSPS) is 10.2. The van der Waals surface area contributed by atoms with E-state index < -0.39 is 11.6 Å². The largest absolute Gasteiger partial charge is 0.494 e. The van der Waals surface area contributed by atoms with Gasteiger partial charge in [-0.05, 0) is 23.8 Å². The van der Waals surface area contributed by atoms with E-state index in [1.165, 1.54) is 32.4 Å². The molecule has 0 aliphatic rings. The lowest BCUT2D eigenvalue weighted by Crippen LogP contribution is -1.93. The van der Waals surface area contributed by atoms with Crippen LogP contribution in [0.2, 0.25) is 0 Å². The SMILES string of the molecule is COc1ccc(-c2cccc(OC)c2F)cc1F. The van der Waals surface area contributed by atoms with Gasteiger partial charge in [-0.15, -0.1) is 0 Å². The number of benzene rings is 2. The molecule has 0 amide bonds. The summed E-state index contributed by atoms with van der Waals surface area (Å²) >= 11 is 0. The van der Waals surface area contributed by atoms with Crippen LogP contribution in [-0.4, -0.2) is 14.2 Å². The Balaban J connectivity index is 2.52. The van der Waals surface area contributed by atoms with Crippen molar-refractivity contribution in [2.75, 3.05) is 14.2 Å². The number of ether oxygens (including phenoxy) is 2. The van der Waals surface area contributed by atoms with E-state index >= 15 is 0 Å². The van der Waals surface area contributed by atoms with Crippen molar-refractivity contribution in [2.45, 2.75) is 0 Å². The molecule has 0 fully saturated rings. The first-order valence-electron chi connectivity index (χ1n) is 5.33. The topological polar surface area (TPSA) is 18.5 Å². The fourth-order valence-corrected chi connectivity index (χ4v) is 1.73. The highest BCUT2D eigenvalue weighted by Crippen LogP contribution is 2.31. The maximum absolute atomic E-state index is 14.0. The van der Waals surface area contributed by atoms with E-state index in [1.54, 1.807) is 18.2 Å². The van der Waals surface area contributed by atoms with E-state index in [0.29, 0.717) is 5.56 Å². The molecule has 0 bridgehead atoms. The third-order valence-corrected chi connectivity index (χ3v) is 2.65. The molecule has 18 heavy (non-hydrogen) atoms. The molecule has 2 nitrogen and oxygen atoms in total. The van der Waals surface area contributed by atoms with Crippen molar-refractivity contribution in [2.24, 2.45) is 0 Å². The maximum Gasteiger partial charge on any atom is 0.172 e. The Morgan fingerprint density at radius 3 is 2.22 bits per heavy atom. The molecule has 0 saturated carbocycles. The van der Waals surface area contributed by atoms with E-state index in [0.717, 1.165) is 0 Å². The summed E-state index contributed by atoms with van der Waals surface area (Å²) in [5.41, 5.74) is 0.723. The first-order chi connectivity index (χ1) is 8.67. The molecule has 2 rings (SSSR count). The van der Waals surface area contributed by atoms with Crippen LogP contribution in [0.4, 0.5) is 8.78 Å². The second kappa shape index (κ2) is 5.04. The Kier molecular flexibility index (Phi) is 3.46. The summed E-state index contributed by atoms with van der Waals surface area (Å²) in [6.45, 7) is 0. The molecule has 0 saturated heterocycles. The van der Waals surface area contributed by atoms with Gasteiger partial charge in [0.15, 0.2) is 23.1 Å². The predicted octanol–water partition coefficient (Wildman–Crippen LogP) is 3.65. The number of hydrogen-bond donors (Lipinski definition) is 0. The first kappa shape index (κ1) is 12.4. The highest BCUT2D eigenvalue weighted by molar-refractivity contribution is 5.67. The summed E-state index contributed by atoms with van der Waals surface area (Å²) in [5, 5.41) is 0. The van der Waals surface area contributed by atoms with Crippen LogP contribution in [0.15, 0.2) is 36.4 Å². The van der Waals surface area contributed by atoms with Crippen molar-refractivity contribution in [1.29, 1.82) is 0 Å². The van der Waals surface area contributed by atoms with Gasteiger partial charge in [0.1, 0.15) is 0 Å². The van der Waals surface area contributed by atoms with Crippen LogP contribution in [0, 0.1) is 11.6 Å². The number of halogens is 2. The van der Waals surface area contributed by atoms with E-state index in [9.17, 15) is 8.78 Å². The van der Waals surface area contributed by atoms with E-state index in [1.807, 2.05) is 0 Å². The lowest BCUT2D eigenvalue weighted by Gasteiger charge is -2.09. The molecule has 94 valence electrons. The Labute approximate surface area is 104 Å². The van der Waals surface area contributed by atoms with E-state index in [4.69, 9.17) is 9.47 Å². The smallest absolute Gasteiger partial charge is 0.172 e. The molecule has 0 radical (unpaired) electrons. The highest BCUT2D eigenvalue weighted by Gasteiger charge is 2.12. The van der Waals surface area contributed by atoms with Gasteiger partial charge in [0, 0.05) is 5.56 Å². The quantitative estimate of drug-likeness (QED) is 0.827. The Morgan fingerprint density at radius 2 is 1.61 bits per heavy atom. The van der Waals surface area contributed by atoms with Gasteiger partial charge in [0.2, 0.25) is 0 Å². The fourth-order valence-electron chi connectivity index (χ4n) is 1.73.